The molecule has 1 fully saturated rings. The van der Waals surface area contributed by atoms with Crippen LogP contribution in [0.5, 0.6) is 0 Å². The first-order valence-electron chi connectivity index (χ1n) is 5.81. The van der Waals surface area contributed by atoms with Crippen LogP contribution in [0.25, 0.3) is 0 Å². The molecule has 0 atom stereocenters. The van der Waals surface area contributed by atoms with Gasteiger partial charge in [-0.05, 0) is 31.6 Å². The lowest BCUT2D eigenvalue weighted by Gasteiger charge is -2.34. The Kier molecular flexibility index (Phi) is 4.61. The van der Waals surface area contributed by atoms with Gasteiger partial charge in [-0.3, -0.25) is 4.79 Å². The van der Waals surface area contributed by atoms with Crippen LogP contribution >= 0.6 is 0 Å². The first-order chi connectivity index (χ1) is 7.19. The van der Waals surface area contributed by atoms with Crippen LogP contribution < -0.4 is 0 Å². The maximum Gasteiger partial charge on any atom is 0.222 e. The van der Waals surface area contributed by atoms with Gasteiger partial charge in [-0.1, -0.05) is 6.92 Å². The molecule has 0 radical (unpaired) electrons. The van der Waals surface area contributed by atoms with Crippen LogP contribution in [0.3, 0.4) is 0 Å². The van der Waals surface area contributed by atoms with Gasteiger partial charge in [-0.2, -0.15) is 5.26 Å². The van der Waals surface area contributed by atoms with Crippen LogP contribution in [-0.2, 0) is 4.79 Å². The van der Waals surface area contributed by atoms with Gasteiger partial charge < -0.3 is 4.90 Å². The van der Waals surface area contributed by atoms with Gasteiger partial charge in [0.05, 0.1) is 6.07 Å². The fourth-order valence-electron chi connectivity index (χ4n) is 2.32. The molecule has 15 heavy (non-hydrogen) atoms. The summed E-state index contributed by atoms with van der Waals surface area (Å²) >= 11 is 0. The number of hydrogen-bond acceptors (Lipinski definition) is 2. The van der Waals surface area contributed by atoms with Crippen LogP contribution in [-0.4, -0.2) is 23.9 Å². The van der Waals surface area contributed by atoms with E-state index in [9.17, 15) is 4.79 Å². The number of nitriles is 1. The molecule has 84 valence electrons. The lowest BCUT2D eigenvalue weighted by molar-refractivity contribution is -0.132. The molecule has 0 aliphatic heterocycles. The van der Waals surface area contributed by atoms with Crippen molar-refractivity contribution < 1.29 is 4.79 Å². The molecule has 1 aliphatic rings. The second kappa shape index (κ2) is 5.75. The van der Waals surface area contributed by atoms with E-state index in [4.69, 9.17) is 5.26 Å². The van der Waals surface area contributed by atoms with Crippen molar-refractivity contribution in [3.05, 3.63) is 0 Å². The van der Waals surface area contributed by atoms with Crippen molar-refractivity contribution in [1.29, 1.82) is 5.26 Å². The fraction of sp³-hybridized carbons (Fsp3) is 0.833. The predicted octanol–water partition coefficient (Wildman–Crippen LogP) is 2.33. The van der Waals surface area contributed by atoms with Gasteiger partial charge in [0.25, 0.3) is 0 Å². The Bertz CT molecular complexity index is 249. The molecule has 0 spiro atoms. The highest BCUT2D eigenvalue weighted by Gasteiger charge is 2.25. The molecule has 1 amide bonds. The average Bonchev–Trinajstić information content (AvgIpc) is 2.28. The normalized spacial score (nSPS) is 25.7. The van der Waals surface area contributed by atoms with Gasteiger partial charge >= 0.3 is 0 Å². The minimum absolute atomic E-state index is 0.235. The molecule has 1 aliphatic carbocycles. The van der Waals surface area contributed by atoms with Gasteiger partial charge in [0.2, 0.25) is 5.91 Å². The summed E-state index contributed by atoms with van der Waals surface area (Å²) < 4.78 is 0. The number of rotatable bonds is 3. The minimum Gasteiger partial charge on any atom is -0.343 e. The summed E-state index contributed by atoms with van der Waals surface area (Å²) in [5, 5.41) is 8.61. The van der Waals surface area contributed by atoms with Gasteiger partial charge in [-0.15, -0.1) is 0 Å². The summed E-state index contributed by atoms with van der Waals surface area (Å²) in [6.07, 6.45) is 5.59. The Morgan fingerprint density at radius 3 is 2.47 bits per heavy atom. The Balaban J connectivity index is 2.37. The summed E-state index contributed by atoms with van der Waals surface area (Å²) in [5.41, 5.74) is 0. The Morgan fingerprint density at radius 2 is 2.00 bits per heavy atom. The molecule has 3 nitrogen and oxygen atoms in total. The lowest BCUT2D eigenvalue weighted by Crippen LogP contribution is -2.39. The van der Waals surface area contributed by atoms with Gasteiger partial charge in [0.1, 0.15) is 0 Å². The molecule has 0 unspecified atom stereocenters. The largest absolute Gasteiger partial charge is 0.343 e. The third-order valence-corrected chi connectivity index (χ3v) is 3.44. The Labute approximate surface area is 92.1 Å². The van der Waals surface area contributed by atoms with Crippen molar-refractivity contribution in [3.8, 4) is 6.07 Å². The summed E-state index contributed by atoms with van der Waals surface area (Å²) in [5.74, 6) is 0.801. The molecule has 0 aromatic carbocycles. The summed E-state index contributed by atoms with van der Waals surface area (Å²) in [6, 6.07) is 2.64. The monoisotopic (exact) mass is 208 g/mol. The number of carbonyl (C=O) groups is 1. The van der Waals surface area contributed by atoms with Crippen LogP contribution in [0, 0.1) is 17.2 Å². The molecule has 0 saturated heterocycles. The van der Waals surface area contributed by atoms with Crippen molar-refractivity contribution in [3.63, 3.8) is 0 Å². The molecule has 0 aromatic rings. The second-order valence-electron chi connectivity index (χ2n) is 4.39. The van der Waals surface area contributed by atoms with Crippen molar-refractivity contribution in [2.75, 3.05) is 7.05 Å². The van der Waals surface area contributed by atoms with E-state index >= 15 is 0 Å². The van der Waals surface area contributed by atoms with Gasteiger partial charge in [-0.25, -0.2) is 0 Å². The number of hydrogen-bond donors (Lipinski definition) is 0. The smallest absolute Gasteiger partial charge is 0.222 e. The molecule has 0 N–H and O–H groups in total. The molecule has 0 aromatic heterocycles. The molecule has 0 heterocycles. The zero-order valence-electron chi connectivity index (χ0n) is 9.70. The van der Waals surface area contributed by atoms with E-state index in [1.807, 2.05) is 18.9 Å². The van der Waals surface area contributed by atoms with E-state index < -0.39 is 0 Å². The van der Waals surface area contributed by atoms with Crippen LogP contribution in [0.15, 0.2) is 0 Å². The number of carbonyl (C=O) groups excluding carboxylic acids is 1. The van der Waals surface area contributed by atoms with E-state index in [2.05, 4.69) is 6.07 Å². The summed E-state index contributed by atoms with van der Waals surface area (Å²) in [6.45, 7) is 1.90. The highest BCUT2D eigenvalue weighted by Crippen LogP contribution is 2.29. The minimum atomic E-state index is 0.235. The molecule has 1 saturated carbocycles. The predicted molar refractivity (Wildman–Crippen MR) is 59.0 cm³/mol. The fourth-order valence-corrected chi connectivity index (χ4v) is 2.32. The van der Waals surface area contributed by atoms with Crippen LogP contribution in [0.4, 0.5) is 0 Å². The third-order valence-electron chi connectivity index (χ3n) is 3.44. The first kappa shape index (κ1) is 12.0. The molecule has 1 rings (SSSR count). The molecular weight excluding hydrogens is 188 g/mol. The highest BCUT2D eigenvalue weighted by molar-refractivity contribution is 5.75. The third kappa shape index (κ3) is 3.23. The maximum atomic E-state index is 11.5. The van der Waals surface area contributed by atoms with Crippen LogP contribution in [0.1, 0.15) is 45.4 Å². The van der Waals surface area contributed by atoms with E-state index in [-0.39, 0.29) is 5.91 Å². The standard InChI is InChI=1S/C12H20N2O/c1-3-12(15)14(2)11-6-4-10(5-7-11)8-9-13/h10-11H,3-8H2,1-2H3. The SMILES string of the molecule is CCC(=O)N(C)C1CCC(CC#N)CC1. The van der Waals surface area contributed by atoms with Crippen molar-refractivity contribution >= 4 is 5.91 Å². The summed E-state index contributed by atoms with van der Waals surface area (Å²) in [4.78, 5) is 13.4. The average molecular weight is 208 g/mol. The van der Waals surface area contributed by atoms with Crippen LogP contribution in [0.2, 0.25) is 0 Å². The molecule has 3 heteroatoms. The number of amides is 1. The quantitative estimate of drug-likeness (QED) is 0.714. The zero-order valence-corrected chi connectivity index (χ0v) is 9.70. The molecule has 0 bridgehead atoms. The van der Waals surface area contributed by atoms with Crippen molar-refractivity contribution in [2.24, 2.45) is 5.92 Å². The lowest BCUT2D eigenvalue weighted by atomic mass is 9.84. The van der Waals surface area contributed by atoms with Gasteiger partial charge in [0.15, 0.2) is 0 Å². The van der Waals surface area contributed by atoms with Crippen molar-refractivity contribution in [1.82, 2.24) is 4.90 Å². The second-order valence-corrected chi connectivity index (χ2v) is 4.39. The zero-order chi connectivity index (χ0) is 11.3. The van der Waals surface area contributed by atoms with E-state index in [0.29, 0.717) is 24.8 Å². The Morgan fingerprint density at radius 1 is 1.40 bits per heavy atom. The van der Waals surface area contributed by atoms with E-state index in [1.165, 1.54) is 0 Å². The van der Waals surface area contributed by atoms with Crippen molar-refractivity contribution in [2.45, 2.75) is 51.5 Å². The number of nitrogens with zero attached hydrogens (tertiary/aromatic N) is 2. The van der Waals surface area contributed by atoms with E-state index in [1.54, 1.807) is 0 Å². The van der Waals surface area contributed by atoms with E-state index in [0.717, 1.165) is 25.7 Å². The molecular formula is C12H20N2O. The summed E-state index contributed by atoms with van der Waals surface area (Å²) in [7, 11) is 1.90. The Hall–Kier alpha value is -1.04. The maximum absolute atomic E-state index is 11.5. The first-order valence-corrected chi connectivity index (χ1v) is 5.81. The van der Waals surface area contributed by atoms with Gasteiger partial charge in [0, 0.05) is 25.9 Å². The topological polar surface area (TPSA) is 44.1 Å². The highest BCUT2D eigenvalue weighted by atomic mass is 16.2.